The van der Waals surface area contributed by atoms with Crippen LogP contribution in [0.2, 0.25) is 0 Å². The lowest BCUT2D eigenvalue weighted by molar-refractivity contribution is -0.137. The van der Waals surface area contributed by atoms with Gasteiger partial charge in [0.1, 0.15) is 5.52 Å². The van der Waals surface area contributed by atoms with E-state index >= 15 is 0 Å². The van der Waals surface area contributed by atoms with Crippen LogP contribution in [0.4, 0.5) is 24.9 Å². The molecule has 212 valence electrons. The van der Waals surface area contributed by atoms with Crippen LogP contribution in [0.5, 0.6) is 0 Å². The van der Waals surface area contributed by atoms with E-state index in [2.05, 4.69) is 46.1 Å². The highest BCUT2D eigenvalue weighted by molar-refractivity contribution is 5.88. The average molecular weight is 557 g/mol. The van der Waals surface area contributed by atoms with Crippen LogP contribution in [-0.4, -0.2) is 47.8 Å². The van der Waals surface area contributed by atoms with Crippen LogP contribution in [0.1, 0.15) is 64.0 Å². The third kappa shape index (κ3) is 4.81. The summed E-state index contributed by atoms with van der Waals surface area (Å²) in [4.78, 5) is 30.7. The van der Waals surface area contributed by atoms with E-state index < -0.39 is 17.5 Å². The average Bonchev–Trinajstić information content (AvgIpc) is 3.54. The number of aromatic amines is 1. The lowest BCUT2D eigenvalue weighted by Crippen LogP contribution is -2.40. The molecule has 1 unspecified atom stereocenters. The molecule has 1 saturated carbocycles. The number of rotatable bonds is 7. The van der Waals surface area contributed by atoms with Crippen molar-refractivity contribution in [1.29, 1.82) is 0 Å². The van der Waals surface area contributed by atoms with Crippen molar-refractivity contribution >= 4 is 22.9 Å². The smallest absolute Gasteiger partial charge is 0.365 e. The van der Waals surface area contributed by atoms with E-state index in [1.807, 2.05) is 4.57 Å². The predicted octanol–water partition coefficient (Wildman–Crippen LogP) is 5.22. The molecular formula is C27H31F3N8O2. The van der Waals surface area contributed by atoms with Crippen molar-refractivity contribution in [2.75, 3.05) is 16.8 Å². The molecular weight excluding hydrogens is 525 g/mol. The summed E-state index contributed by atoms with van der Waals surface area (Å²) in [5.74, 6) is 1.20. The number of nitrogens with zero attached hydrogens (tertiary/aromatic N) is 6. The Morgan fingerprint density at radius 3 is 2.48 bits per heavy atom. The van der Waals surface area contributed by atoms with Gasteiger partial charge in [-0.3, -0.25) is 9.51 Å². The standard InChI is InChI=1S/C27H31F3N8O2/c1-15(17-6-4-7-17)31-20-19-21(33-22(32-20)23-35-25(39)40-36-23)34-24(38-13-5-12-26(38,2)3)37(19)14-16-8-10-18(11-9-16)27(28,29)30/h8-11,15,17H,4-7,12-14H2,1-3H3,(H,31,32,33)(H,35,36,39). The number of aromatic nitrogens is 6. The van der Waals surface area contributed by atoms with Gasteiger partial charge in [0.15, 0.2) is 11.5 Å². The summed E-state index contributed by atoms with van der Waals surface area (Å²) in [5, 5.41) is 7.32. The van der Waals surface area contributed by atoms with Crippen molar-refractivity contribution in [2.24, 2.45) is 5.92 Å². The van der Waals surface area contributed by atoms with Gasteiger partial charge in [0.25, 0.3) is 0 Å². The van der Waals surface area contributed by atoms with Gasteiger partial charge in [-0.2, -0.15) is 18.2 Å². The molecule has 6 rings (SSSR count). The van der Waals surface area contributed by atoms with Crippen molar-refractivity contribution in [3.05, 3.63) is 45.9 Å². The molecule has 4 heterocycles. The topological polar surface area (TPSA) is 118 Å². The van der Waals surface area contributed by atoms with E-state index in [9.17, 15) is 18.0 Å². The minimum absolute atomic E-state index is 0.0894. The van der Waals surface area contributed by atoms with Gasteiger partial charge >= 0.3 is 11.9 Å². The molecule has 2 N–H and O–H groups in total. The first-order valence-corrected chi connectivity index (χ1v) is 13.5. The summed E-state index contributed by atoms with van der Waals surface area (Å²) in [6.07, 6.45) is 0.954. The van der Waals surface area contributed by atoms with Gasteiger partial charge < -0.3 is 14.8 Å². The molecule has 0 spiro atoms. The summed E-state index contributed by atoms with van der Waals surface area (Å²) in [5.41, 5.74) is 0.840. The summed E-state index contributed by atoms with van der Waals surface area (Å²) >= 11 is 0. The monoisotopic (exact) mass is 556 g/mol. The molecule has 1 saturated heterocycles. The number of alkyl halides is 3. The highest BCUT2D eigenvalue weighted by Gasteiger charge is 2.37. The van der Waals surface area contributed by atoms with E-state index in [0.29, 0.717) is 34.4 Å². The maximum Gasteiger partial charge on any atom is 0.439 e. The van der Waals surface area contributed by atoms with E-state index in [4.69, 9.17) is 14.5 Å². The molecule has 4 aromatic rings. The first-order chi connectivity index (χ1) is 19.0. The number of nitrogens with one attached hydrogen (secondary N) is 2. The summed E-state index contributed by atoms with van der Waals surface area (Å²) in [7, 11) is 0. The quantitative estimate of drug-likeness (QED) is 0.318. The number of fused-ring (bicyclic) bond motifs is 1. The van der Waals surface area contributed by atoms with Gasteiger partial charge in [-0.05, 0) is 70.1 Å². The molecule has 13 heteroatoms. The van der Waals surface area contributed by atoms with Gasteiger partial charge in [0, 0.05) is 18.1 Å². The molecule has 1 atom stereocenters. The van der Waals surface area contributed by atoms with Crippen LogP contribution in [0.25, 0.3) is 22.8 Å². The summed E-state index contributed by atoms with van der Waals surface area (Å²) < 4.78 is 46.4. The molecule has 1 aliphatic heterocycles. The second-order valence-electron chi connectivity index (χ2n) is 11.4. The number of anilines is 2. The van der Waals surface area contributed by atoms with Crippen molar-refractivity contribution in [3.63, 3.8) is 0 Å². The fraction of sp³-hybridized carbons (Fsp3) is 0.519. The summed E-state index contributed by atoms with van der Waals surface area (Å²) in [6, 6.07) is 5.29. The molecule has 0 radical (unpaired) electrons. The Morgan fingerprint density at radius 1 is 1.15 bits per heavy atom. The Balaban J connectivity index is 1.52. The first-order valence-electron chi connectivity index (χ1n) is 13.5. The molecule has 10 nitrogen and oxygen atoms in total. The number of hydrogen-bond acceptors (Lipinski definition) is 8. The van der Waals surface area contributed by atoms with Crippen molar-refractivity contribution < 1.29 is 17.7 Å². The van der Waals surface area contributed by atoms with Crippen molar-refractivity contribution in [3.8, 4) is 11.6 Å². The second kappa shape index (κ2) is 9.63. The maximum atomic E-state index is 13.2. The zero-order chi connectivity index (χ0) is 28.2. The fourth-order valence-corrected chi connectivity index (χ4v) is 5.65. The second-order valence-corrected chi connectivity index (χ2v) is 11.4. The number of H-pyrrole nitrogens is 1. The van der Waals surface area contributed by atoms with Crippen LogP contribution in [0.3, 0.4) is 0 Å². The zero-order valence-corrected chi connectivity index (χ0v) is 22.5. The Morgan fingerprint density at radius 2 is 1.90 bits per heavy atom. The maximum absolute atomic E-state index is 13.2. The third-order valence-electron chi connectivity index (χ3n) is 8.22. The van der Waals surface area contributed by atoms with Gasteiger partial charge in [0.2, 0.25) is 17.6 Å². The van der Waals surface area contributed by atoms with Crippen LogP contribution < -0.4 is 16.0 Å². The molecule has 0 amide bonds. The number of imidazole rings is 1. The normalized spacial score (nSPS) is 18.3. The van der Waals surface area contributed by atoms with E-state index in [0.717, 1.165) is 44.4 Å². The van der Waals surface area contributed by atoms with Crippen LogP contribution in [-0.2, 0) is 12.7 Å². The molecule has 3 aromatic heterocycles. The van der Waals surface area contributed by atoms with Crippen LogP contribution in [0.15, 0.2) is 33.6 Å². The Hall–Kier alpha value is -3.90. The fourth-order valence-electron chi connectivity index (χ4n) is 5.65. The largest absolute Gasteiger partial charge is 0.439 e. The third-order valence-corrected chi connectivity index (χ3v) is 8.22. The molecule has 2 fully saturated rings. The van der Waals surface area contributed by atoms with Gasteiger partial charge in [-0.1, -0.05) is 23.7 Å². The lowest BCUT2D eigenvalue weighted by Gasteiger charge is -2.33. The molecule has 1 aromatic carbocycles. The molecule has 2 aliphatic rings. The van der Waals surface area contributed by atoms with Crippen molar-refractivity contribution in [1.82, 2.24) is 29.7 Å². The van der Waals surface area contributed by atoms with E-state index in [-0.39, 0.29) is 29.8 Å². The van der Waals surface area contributed by atoms with Gasteiger partial charge in [-0.25, -0.2) is 14.8 Å². The Labute approximate surface area is 228 Å². The first kappa shape index (κ1) is 26.3. The Kier molecular flexibility index (Phi) is 6.34. The van der Waals surface area contributed by atoms with E-state index in [1.54, 1.807) is 0 Å². The number of halogens is 3. The van der Waals surface area contributed by atoms with Gasteiger partial charge in [-0.15, -0.1) is 0 Å². The molecule has 40 heavy (non-hydrogen) atoms. The van der Waals surface area contributed by atoms with Gasteiger partial charge in [0.05, 0.1) is 12.1 Å². The number of benzene rings is 1. The lowest BCUT2D eigenvalue weighted by atomic mass is 9.80. The minimum atomic E-state index is -4.41. The highest BCUT2D eigenvalue weighted by atomic mass is 19.4. The van der Waals surface area contributed by atoms with E-state index in [1.165, 1.54) is 18.6 Å². The molecule has 1 aliphatic carbocycles. The Bertz CT molecular complexity index is 1580. The van der Waals surface area contributed by atoms with Crippen LogP contribution in [0, 0.1) is 5.92 Å². The minimum Gasteiger partial charge on any atom is -0.365 e. The summed E-state index contributed by atoms with van der Waals surface area (Å²) in [6.45, 7) is 7.46. The molecule has 0 bridgehead atoms. The SMILES string of the molecule is CC(Nc1nc(-c2noc(=O)[nH]2)nc2nc(N3CCCC3(C)C)n(Cc3ccc(C(F)(F)F)cc3)c12)C1CCC1. The zero-order valence-electron chi connectivity index (χ0n) is 22.5. The number of hydrogen-bond donors (Lipinski definition) is 2. The highest BCUT2D eigenvalue weighted by Crippen LogP contribution is 2.38. The van der Waals surface area contributed by atoms with Crippen molar-refractivity contribution in [2.45, 2.75) is 77.2 Å². The predicted molar refractivity (Wildman–Crippen MR) is 143 cm³/mol. The van der Waals surface area contributed by atoms with Crippen LogP contribution >= 0.6 is 0 Å².